The quantitative estimate of drug-likeness (QED) is 0.594. The Bertz CT molecular complexity index is 550. The lowest BCUT2D eigenvalue weighted by molar-refractivity contribution is 0.0377. The van der Waals surface area contributed by atoms with E-state index in [0.717, 1.165) is 10.0 Å². The number of ether oxygens (including phenoxy) is 1. The summed E-state index contributed by atoms with van der Waals surface area (Å²) in [6.45, 7) is 9.71. The summed E-state index contributed by atoms with van der Waals surface area (Å²) in [5.41, 5.74) is 1.28. The van der Waals surface area contributed by atoms with Crippen molar-refractivity contribution in [2.45, 2.75) is 33.3 Å². The van der Waals surface area contributed by atoms with Crippen LogP contribution in [0.1, 0.15) is 37.6 Å². The van der Waals surface area contributed by atoms with Gasteiger partial charge in [-0.3, -0.25) is 0 Å². The molecule has 20 heavy (non-hydrogen) atoms. The van der Waals surface area contributed by atoms with Crippen LogP contribution in [-0.4, -0.2) is 12.1 Å². The highest BCUT2D eigenvalue weighted by molar-refractivity contribution is 9.10. The molecule has 0 amide bonds. The lowest BCUT2D eigenvalue weighted by Crippen LogP contribution is -2.18. The van der Waals surface area contributed by atoms with Crippen molar-refractivity contribution in [1.82, 2.24) is 0 Å². The lowest BCUT2D eigenvalue weighted by Gasteiger charge is -2.14. The maximum Gasteiger partial charge on any atom is 0.339 e. The van der Waals surface area contributed by atoms with Crippen LogP contribution >= 0.6 is 15.9 Å². The van der Waals surface area contributed by atoms with Crippen molar-refractivity contribution in [1.29, 1.82) is 0 Å². The smallest absolute Gasteiger partial charge is 0.339 e. The van der Waals surface area contributed by atoms with Crippen LogP contribution < -0.4 is 0 Å². The van der Waals surface area contributed by atoms with Crippen LogP contribution in [0.2, 0.25) is 0 Å². The molecule has 1 aromatic rings. The summed E-state index contributed by atoms with van der Waals surface area (Å²) in [4.78, 5) is 12.1. The molecule has 0 aliphatic rings. The van der Waals surface area contributed by atoms with Gasteiger partial charge in [0, 0.05) is 4.47 Å². The van der Waals surface area contributed by atoms with Crippen molar-refractivity contribution in [3.05, 3.63) is 46.5 Å². The minimum Gasteiger partial charge on any atom is -0.446 e. The number of rotatable bonds is 4. The monoisotopic (exact) mass is 334 g/mol. The van der Waals surface area contributed by atoms with E-state index in [1.165, 1.54) is 0 Å². The predicted octanol–water partition coefficient (Wildman–Crippen LogP) is 4.60. The highest BCUT2D eigenvalue weighted by atomic mass is 79.9. The van der Waals surface area contributed by atoms with E-state index in [1.807, 2.05) is 13.0 Å². The van der Waals surface area contributed by atoms with Gasteiger partial charge >= 0.3 is 5.97 Å². The molecule has 1 unspecified atom stereocenters. The largest absolute Gasteiger partial charge is 0.446 e. The van der Waals surface area contributed by atoms with Crippen molar-refractivity contribution >= 4 is 21.9 Å². The molecule has 0 aliphatic heterocycles. The molecule has 0 fully saturated rings. The molecule has 0 saturated heterocycles. The van der Waals surface area contributed by atoms with E-state index in [9.17, 15) is 4.79 Å². The third kappa shape index (κ3) is 6.08. The molecule has 106 valence electrons. The maximum absolute atomic E-state index is 12.1. The van der Waals surface area contributed by atoms with Crippen molar-refractivity contribution in [2.24, 2.45) is 5.92 Å². The summed E-state index contributed by atoms with van der Waals surface area (Å²) in [7, 11) is 0. The summed E-state index contributed by atoms with van der Waals surface area (Å²) in [6, 6.07) is 7.13. The van der Waals surface area contributed by atoms with Gasteiger partial charge in [0.25, 0.3) is 0 Å². The molecule has 0 saturated carbocycles. The molecule has 0 radical (unpaired) electrons. The van der Waals surface area contributed by atoms with Gasteiger partial charge in [0.2, 0.25) is 0 Å². The first kappa shape index (κ1) is 16.5. The Hall–Kier alpha value is -1.53. The molecule has 0 heterocycles. The van der Waals surface area contributed by atoms with Gasteiger partial charge in [-0.1, -0.05) is 54.3 Å². The minimum atomic E-state index is -0.404. The summed E-state index contributed by atoms with van der Waals surface area (Å²) in [5.74, 6) is 5.89. The van der Waals surface area contributed by atoms with Gasteiger partial charge in [-0.05, 0) is 43.0 Å². The van der Waals surface area contributed by atoms with E-state index in [0.29, 0.717) is 17.9 Å². The molecule has 3 heteroatoms. The predicted molar refractivity (Wildman–Crippen MR) is 85.4 cm³/mol. The Labute approximate surface area is 129 Å². The van der Waals surface area contributed by atoms with E-state index in [1.54, 1.807) is 18.2 Å². The first-order valence-corrected chi connectivity index (χ1v) is 7.31. The summed E-state index contributed by atoms with van der Waals surface area (Å²) in [5, 5.41) is 0. The van der Waals surface area contributed by atoms with E-state index in [2.05, 4.69) is 48.2 Å². The zero-order valence-electron chi connectivity index (χ0n) is 12.1. The van der Waals surface area contributed by atoms with E-state index in [-0.39, 0.29) is 5.97 Å². The number of esters is 1. The third-order valence-electron chi connectivity index (χ3n) is 2.44. The number of hydrogen-bond acceptors (Lipinski definition) is 2. The molecule has 1 aromatic carbocycles. The van der Waals surface area contributed by atoms with Gasteiger partial charge in [-0.25, -0.2) is 4.79 Å². The lowest BCUT2D eigenvalue weighted by atomic mass is 10.1. The topological polar surface area (TPSA) is 26.3 Å². The molecule has 0 N–H and O–H groups in total. The van der Waals surface area contributed by atoms with Crippen molar-refractivity contribution < 1.29 is 9.53 Å². The molecule has 2 nitrogen and oxygen atoms in total. The first-order chi connectivity index (χ1) is 9.38. The van der Waals surface area contributed by atoms with Gasteiger partial charge in [0.05, 0.1) is 5.56 Å². The highest BCUT2D eigenvalue weighted by Gasteiger charge is 2.15. The SMILES string of the molecule is C=C(C)C#CC(CC(C)C)OC(=O)c1cccc(Br)c1. The van der Waals surface area contributed by atoms with Crippen LogP contribution in [-0.2, 0) is 4.74 Å². The molecular weight excluding hydrogens is 316 g/mol. The molecular formula is C17H19BrO2. The maximum atomic E-state index is 12.1. The van der Waals surface area contributed by atoms with Crippen LogP contribution in [0.15, 0.2) is 40.9 Å². The molecule has 1 rings (SSSR count). The standard InChI is InChI=1S/C17H19BrO2/c1-12(2)8-9-16(10-13(3)4)20-17(19)14-6-5-7-15(18)11-14/h5-7,11,13,16H,1,10H2,2-4H3. The highest BCUT2D eigenvalue weighted by Crippen LogP contribution is 2.15. The number of allylic oxidation sites excluding steroid dienone is 1. The first-order valence-electron chi connectivity index (χ1n) is 6.52. The van der Waals surface area contributed by atoms with Gasteiger partial charge in [0.15, 0.2) is 6.10 Å². The Morgan fingerprint density at radius 1 is 1.45 bits per heavy atom. The van der Waals surface area contributed by atoms with Crippen LogP contribution in [0.3, 0.4) is 0 Å². The van der Waals surface area contributed by atoms with Crippen molar-refractivity contribution in [3.63, 3.8) is 0 Å². The normalized spacial score (nSPS) is 11.4. The van der Waals surface area contributed by atoms with E-state index >= 15 is 0 Å². The number of halogens is 1. The Kier molecular flexibility index (Phi) is 6.54. The van der Waals surface area contributed by atoms with Crippen LogP contribution in [0.25, 0.3) is 0 Å². The zero-order valence-corrected chi connectivity index (χ0v) is 13.7. The van der Waals surface area contributed by atoms with Crippen LogP contribution in [0.4, 0.5) is 0 Å². The summed E-state index contributed by atoms with van der Waals surface area (Å²) >= 11 is 3.34. The molecule has 0 bridgehead atoms. The van der Waals surface area contributed by atoms with Gasteiger partial charge in [-0.15, -0.1) is 0 Å². The second kappa shape index (κ2) is 7.91. The van der Waals surface area contributed by atoms with E-state index in [4.69, 9.17) is 4.74 Å². The Morgan fingerprint density at radius 3 is 2.70 bits per heavy atom. The fraction of sp³-hybridized carbons (Fsp3) is 0.353. The number of carbonyl (C=O) groups is 1. The van der Waals surface area contributed by atoms with Crippen LogP contribution in [0, 0.1) is 17.8 Å². The van der Waals surface area contributed by atoms with Crippen molar-refractivity contribution in [3.8, 4) is 11.8 Å². The third-order valence-corrected chi connectivity index (χ3v) is 2.93. The number of hydrogen-bond donors (Lipinski definition) is 0. The molecule has 1 atom stereocenters. The molecule has 0 aliphatic carbocycles. The fourth-order valence-corrected chi connectivity index (χ4v) is 1.98. The fourth-order valence-electron chi connectivity index (χ4n) is 1.58. The minimum absolute atomic E-state index is 0.354. The Morgan fingerprint density at radius 2 is 2.15 bits per heavy atom. The second-order valence-electron chi connectivity index (χ2n) is 5.08. The van der Waals surface area contributed by atoms with Gasteiger partial charge in [-0.2, -0.15) is 0 Å². The number of benzene rings is 1. The van der Waals surface area contributed by atoms with Crippen molar-refractivity contribution in [2.75, 3.05) is 0 Å². The molecule has 0 aromatic heterocycles. The number of carbonyl (C=O) groups excluding carboxylic acids is 1. The average molecular weight is 335 g/mol. The summed E-state index contributed by atoms with van der Waals surface area (Å²) < 4.78 is 6.33. The van der Waals surface area contributed by atoms with Gasteiger partial charge in [0.1, 0.15) is 0 Å². The average Bonchev–Trinajstić information content (AvgIpc) is 2.35. The Balaban J connectivity index is 2.82. The molecule has 0 spiro atoms. The summed E-state index contributed by atoms with van der Waals surface area (Å²) in [6.07, 6.45) is 0.304. The van der Waals surface area contributed by atoms with Crippen LogP contribution in [0.5, 0.6) is 0 Å². The van der Waals surface area contributed by atoms with E-state index < -0.39 is 6.10 Å². The zero-order chi connectivity index (χ0) is 15.1. The second-order valence-corrected chi connectivity index (χ2v) is 6.00. The van der Waals surface area contributed by atoms with Gasteiger partial charge < -0.3 is 4.74 Å².